The predicted molar refractivity (Wildman–Crippen MR) is 92.9 cm³/mol. The van der Waals surface area contributed by atoms with Crippen molar-refractivity contribution in [3.05, 3.63) is 11.6 Å². The second-order valence-electron chi connectivity index (χ2n) is 7.30. The normalized spacial score (nSPS) is 23.1. The number of nitrogens with zero attached hydrogens (tertiary/aromatic N) is 4. The van der Waals surface area contributed by atoms with Crippen LogP contribution in [-0.2, 0) is 32.6 Å². The zero-order valence-electron chi connectivity index (χ0n) is 15.2. The van der Waals surface area contributed by atoms with Crippen LogP contribution in [-0.4, -0.2) is 63.1 Å². The minimum absolute atomic E-state index is 0.0235. The molecule has 1 aliphatic heterocycles. The quantitative estimate of drug-likeness (QED) is 0.736. The first-order valence-corrected chi connectivity index (χ1v) is 10.6. The van der Waals surface area contributed by atoms with Gasteiger partial charge in [-0.05, 0) is 25.7 Å². The monoisotopic (exact) mass is 386 g/mol. The number of fused-ring (bicyclic) bond motifs is 1. The molecule has 1 fully saturated rings. The SMILES string of the molecule is Cc1nnc2n1CC(C(=O)O)N(S(=O)(=O)CC(C)COC1CCCC1)C2. The third-order valence-electron chi connectivity index (χ3n) is 5.07. The number of carboxylic acids is 1. The lowest BCUT2D eigenvalue weighted by Crippen LogP contribution is -2.51. The molecule has 26 heavy (non-hydrogen) atoms. The first-order chi connectivity index (χ1) is 12.3. The van der Waals surface area contributed by atoms with Gasteiger partial charge in [-0.25, -0.2) is 8.42 Å². The largest absolute Gasteiger partial charge is 0.480 e. The number of carboxylic acid groups (broad SMARTS) is 1. The fraction of sp³-hybridized carbons (Fsp3) is 0.812. The van der Waals surface area contributed by atoms with Gasteiger partial charge < -0.3 is 14.4 Å². The van der Waals surface area contributed by atoms with Crippen molar-refractivity contribution >= 4 is 16.0 Å². The second kappa shape index (κ2) is 7.61. The highest BCUT2D eigenvalue weighted by Crippen LogP contribution is 2.24. The van der Waals surface area contributed by atoms with Gasteiger partial charge in [0.15, 0.2) is 0 Å². The first kappa shape index (κ1) is 19.2. The third-order valence-corrected chi connectivity index (χ3v) is 7.16. The number of aliphatic carboxylic acids is 1. The Hall–Kier alpha value is -1.52. The molecule has 1 saturated carbocycles. The number of sulfonamides is 1. The van der Waals surface area contributed by atoms with E-state index in [0.29, 0.717) is 18.3 Å². The third kappa shape index (κ3) is 4.07. The highest BCUT2D eigenvalue weighted by Gasteiger charge is 2.40. The highest BCUT2D eigenvalue weighted by atomic mass is 32.2. The van der Waals surface area contributed by atoms with E-state index in [9.17, 15) is 18.3 Å². The maximum Gasteiger partial charge on any atom is 0.323 e. The van der Waals surface area contributed by atoms with Gasteiger partial charge in [-0.2, -0.15) is 4.31 Å². The lowest BCUT2D eigenvalue weighted by atomic mass is 10.2. The van der Waals surface area contributed by atoms with Crippen LogP contribution in [0.1, 0.15) is 44.3 Å². The minimum Gasteiger partial charge on any atom is -0.480 e. The van der Waals surface area contributed by atoms with Gasteiger partial charge in [0.2, 0.25) is 10.0 Å². The Balaban J connectivity index is 1.68. The Kier molecular flexibility index (Phi) is 5.64. The Morgan fingerprint density at radius 1 is 1.35 bits per heavy atom. The van der Waals surface area contributed by atoms with E-state index < -0.39 is 22.0 Å². The Morgan fingerprint density at radius 3 is 2.69 bits per heavy atom. The number of rotatable bonds is 7. The summed E-state index contributed by atoms with van der Waals surface area (Å²) in [6, 6.07) is -1.15. The number of aromatic nitrogens is 3. The molecule has 0 radical (unpaired) electrons. The molecule has 2 atom stereocenters. The van der Waals surface area contributed by atoms with Crippen molar-refractivity contribution < 1.29 is 23.1 Å². The molecule has 9 nitrogen and oxygen atoms in total. The fourth-order valence-electron chi connectivity index (χ4n) is 3.65. The molecule has 2 heterocycles. The molecule has 2 aliphatic rings. The van der Waals surface area contributed by atoms with Gasteiger partial charge in [-0.3, -0.25) is 4.79 Å². The summed E-state index contributed by atoms with van der Waals surface area (Å²) in [5.41, 5.74) is 0. The van der Waals surface area contributed by atoms with Gasteiger partial charge in [-0.1, -0.05) is 19.8 Å². The van der Waals surface area contributed by atoms with E-state index >= 15 is 0 Å². The second-order valence-corrected chi connectivity index (χ2v) is 9.26. The van der Waals surface area contributed by atoms with Crippen LogP contribution < -0.4 is 0 Å². The van der Waals surface area contributed by atoms with Gasteiger partial charge in [0.25, 0.3) is 0 Å². The van der Waals surface area contributed by atoms with Crippen LogP contribution in [0.5, 0.6) is 0 Å². The molecule has 0 aromatic carbocycles. The molecule has 1 aromatic rings. The van der Waals surface area contributed by atoms with Gasteiger partial charge in [0.1, 0.15) is 17.7 Å². The summed E-state index contributed by atoms with van der Waals surface area (Å²) in [5.74, 6) is -0.463. The molecule has 0 spiro atoms. The summed E-state index contributed by atoms with van der Waals surface area (Å²) < 4.78 is 34.3. The van der Waals surface area contributed by atoms with E-state index in [4.69, 9.17) is 4.74 Å². The maximum absolute atomic E-state index is 12.9. The Labute approximate surface area is 153 Å². The number of aryl methyl sites for hydroxylation is 1. The summed E-state index contributed by atoms with van der Waals surface area (Å²) in [6.45, 7) is 3.86. The van der Waals surface area contributed by atoms with Crippen LogP contribution in [0.2, 0.25) is 0 Å². The summed E-state index contributed by atoms with van der Waals surface area (Å²) in [6.07, 6.45) is 4.60. The van der Waals surface area contributed by atoms with Crippen molar-refractivity contribution in [3.63, 3.8) is 0 Å². The first-order valence-electron chi connectivity index (χ1n) is 9.00. The minimum atomic E-state index is -3.76. The van der Waals surface area contributed by atoms with Crippen LogP contribution in [0, 0.1) is 12.8 Å². The van der Waals surface area contributed by atoms with Crippen molar-refractivity contribution in [2.75, 3.05) is 12.4 Å². The van der Waals surface area contributed by atoms with Gasteiger partial charge in [-0.15, -0.1) is 10.2 Å². The van der Waals surface area contributed by atoms with Gasteiger partial charge in [0, 0.05) is 0 Å². The fourth-order valence-corrected chi connectivity index (χ4v) is 5.51. The van der Waals surface area contributed by atoms with Gasteiger partial charge in [0.05, 0.1) is 31.6 Å². The number of hydrogen-bond donors (Lipinski definition) is 1. The summed E-state index contributed by atoms with van der Waals surface area (Å²) in [4.78, 5) is 11.7. The number of hydrogen-bond acceptors (Lipinski definition) is 6. The molecule has 1 aromatic heterocycles. The molecule has 2 unspecified atom stereocenters. The molecule has 3 rings (SSSR count). The van der Waals surface area contributed by atoms with Crippen molar-refractivity contribution in [3.8, 4) is 0 Å². The summed E-state index contributed by atoms with van der Waals surface area (Å²) in [5, 5.41) is 17.4. The van der Waals surface area contributed by atoms with E-state index in [1.54, 1.807) is 11.5 Å². The molecule has 1 N–H and O–H groups in total. The molecule has 146 valence electrons. The molecule has 10 heteroatoms. The van der Waals surface area contributed by atoms with Crippen molar-refractivity contribution in [1.29, 1.82) is 0 Å². The van der Waals surface area contributed by atoms with Crippen LogP contribution in [0.4, 0.5) is 0 Å². The van der Waals surface area contributed by atoms with Crippen molar-refractivity contribution in [2.24, 2.45) is 5.92 Å². The summed E-state index contributed by atoms with van der Waals surface area (Å²) >= 11 is 0. The van der Waals surface area contributed by atoms with Crippen molar-refractivity contribution in [2.45, 2.75) is 64.8 Å². The molecule has 0 saturated heterocycles. The molecular formula is C16H26N4O5S. The zero-order chi connectivity index (χ0) is 18.9. The molecular weight excluding hydrogens is 360 g/mol. The Bertz CT molecular complexity index is 757. The Morgan fingerprint density at radius 2 is 2.04 bits per heavy atom. The van der Waals surface area contributed by atoms with Crippen LogP contribution in [0.25, 0.3) is 0 Å². The predicted octanol–water partition coefficient (Wildman–Crippen LogP) is 0.780. The molecule has 0 amide bonds. The molecule has 1 aliphatic carbocycles. The van der Waals surface area contributed by atoms with E-state index in [-0.39, 0.29) is 30.9 Å². The number of ether oxygens (including phenoxy) is 1. The van der Waals surface area contributed by atoms with Crippen LogP contribution >= 0.6 is 0 Å². The average Bonchev–Trinajstić information content (AvgIpc) is 3.21. The lowest BCUT2D eigenvalue weighted by Gasteiger charge is -2.33. The van der Waals surface area contributed by atoms with Crippen LogP contribution in [0.15, 0.2) is 0 Å². The topological polar surface area (TPSA) is 115 Å². The maximum atomic E-state index is 12.9. The van der Waals surface area contributed by atoms with Gasteiger partial charge >= 0.3 is 5.97 Å². The number of carbonyl (C=O) groups is 1. The van der Waals surface area contributed by atoms with E-state index in [2.05, 4.69) is 10.2 Å². The molecule has 0 bridgehead atoms. The van der Waals surface area contributed by atoms with E-state index in [1.807, 2.05) is 6.92 Å². The van der Waals surface area contributed by atoms with Crippen molar-refractivity contribution in [1.82, 2.24) is 19.1 Å². The highest BCUT2D eigenvalue weighted by molar-refractivity contribution is 7.89. The van der Waals surface area contributed by atoms with Crippen LogP contribution in [0.3, 0.4) is 0 Å². The zero-order valence-corrected chi connectivity index (χ0v) is 16.0. The average molecular weight is 386 g/mol. The standard InChI is InChI=1S/C16H26N4O5S/c1-11(9-25-13-5-3-4-6-13)10-26(23,24)20-8-15-18-17-12(2)19(15)7-14(20)16(21)22/h11,13-14H,3-10H2,1-2H3,(H,21,22). The van der Waals surface area contributed by atoms with E-state index in [1.165, 1.54) is 0 Å². The summed E-state index contributed by atoms with van der Waals surface area (Å²) in [7, 11) is -3.76. The van der Waals surface area contributed by atoms with E-state index in [0.717, 1.165) is 30.0 Å². The lowest BCUT2D eigenvalue weighted by molar-refractivity contribution is -0.142. The smallest absolute Gasteiger partial charge is 0.323 e.